The summed E-state index contributed by atoms with van der Waals surface area (Å²) >= 11 is 0. The van der Waals surface area contributed by atoms with Crippen LogP contribution in [0.3, 0.4) is 0 Å². The van der Waals surface area contributed by atoms with Crippen molar-refractivity contribution in [3.05, 3.63) is 29.8 Å². The van der Waals surface area contributed by atoms with Crippen molar-refractivity contribution >= 4 is 5.78 Å². The Balaban J connectivity index is 3.07. The van der Waals surface area contributed by atoms with Crippen molar-refractivity contribution in [2.45, 2.75) is 6.92 Å². The molecule has 0 aliphatic carbocycles. The van der Waals surface area contributed by atoms with E-state index in [1.807, 2.05) is 0 Å². The molecular formula is C8H7O2-. The van der Waals surface area contributed by atoms with Crippen LogP contribution in [-0.2, 0) is 0 Å². The van der Waals surface area contributed by atoms with Gasteiger partial charge in [0.25, 0.3) is 0 Å². The summed E-state index contributed by atoms with van der Waals surface area (Å²) in [6.45, 7) is 1.44. The molecule has 0 amide bonds. The molecule has 2 heteroatoms. The lowest BCUT2D eigenvalue weighted by Crippen LogP contribution is -1.94. The van der Waals surface area contributed by atoms with E-state index in [9.17, 15) is 9.90 Å². The molecule has 1 rings (SSSR count). The molecule has 0 N–H and O–H groups in total. The summed E-state index contributed by atoms with van der Waals surface area (Å²) in [5.74, 6) is -0.189. The van der Waals surface area contributed by atoms with Gasteiger partial charge in [-0.15, -0.1) is 5.75 Å². The van der Waals surface area contributed by atoms with Crippen molar-refractivity contribution in [2.24, 2.45) is 0 Å². The summed E-state index contributed by atoms with van der Waals surface area (Å²) < 4.78 is 0. The number of ketones is 1. The second-order valence-electron chi connectivity index (χ2n) is 2.08. The van der Waals surface area contributed by atoms with Crippen LogP contribution in [0.1, 0.15) is 17.3 Å². The minimum absolute atomic E-state index is 0.0716. The first-order valence-corrected chi connectivity index (χ1v) is 2.98. The smallest absolute Gasteiger partial charge is 0.159 e. The molecule has 1 aromatic rings. The van der Waals surface area contributed by atoms with Crippen LogP contribution in [-0.4, -0.2) is 5.78 Å². The summed E-state index contributed by atoms with van der Waals surface area (Å²) in [6.07, 6.45) is 0. The third-order valence-corrected chi connectivity index (χ3v) is 1.24. The van der Waals surface area contributed by atoms with Crippen LogP contribution in [0.5, 0.6) is 5.75 Å². The van der Waals surface area contributed by atoms with E-state index in [1.54, 1.807) is 12.1 Å². The van der Waals surface area contributed by atoms with E-state index in [2.05, 4.69) is 0 Å². The first-order chi connectivity index (χ1) is 4.70. The Bertz CT molecular complexity index is 253. The number of Topliss-reactive ketones (excluding diaryl/α,β-unsaturated/α-hetero) is 1. The Morgan fingerprint density at radius 2 is 2.20 bits per heavy atom. The molecule has 0 aromatic heterocycles. The fourth-order valence-electron chi connectivity index (χ4n) is 0.715. The van der Waals surface area contributed by atoms with Gasteiger partial charge >= 0.3 is 0 Å². The topological polar surface area (TPSA) is 40.1 Å². The highest BCUT2D eigenvalue weighted by molar-refractivity contribution is 5.94. The van der Waals surface area contributed by atoms with E-state index in [1.165, 1.54) is 19.1 Å². The van der Waals surface area contributed by atoms with Gasteiger partial charge in [0, 0.05) is 5.56 Å². The predicted octanol–water partition coefficient (Wildman–Crippen LogP) is 0.963. The lowest BCUT2D eigenvalue weighted by atomic mass is 10.1. The number of benzene rings is 1. The SMILES string of the molecule is CC(=O)c1cccc([O-])c1. The molecule has 0 aliphatic heterocycles. The zero-order valence-electron chi connectivity index (χ0n) is 5.63. The molecule has 0 saturated carbocycles. The molecule has 0 saturated heterocycles. The monoisotopic (exact) mass is 135 g/mol. The fraction of sp³-hybridized carbons (Fsp3) is 0.125. The summed E-state index contributed by atoms with van der Waals surface area (Å²) in [4.78, 5) is 10.7. The van der Waals surface area contributed by atoms with Crippen molar-refractivity contribution in [2.75, 3.05) is 0 Å². The van der Waals surface area contributed by atoms with Crippen LogP contribution in [0, 0.1) is 0 Å². The largest absolute Gasteiger partial charge is 0.872 e. The predicted molar refractivity (Wildman–Crippen MR) is 35.9 cm³/mol. The molecule has 0 bridgehead atoms. The number of hydrogen-bond donors (Lipinski definition) is 0. The summed E-state index contributed by atoms with van der Waals surface area (Å²) in [7, 11) is 0. The van der Waals surface area contributed by atoms with E-state index in [0.29, 0.717) is 5.56 Å². The van der Waals surface area contributed by atoms with E-state index in [4.69, 9.17) is 0 Å². The first kappa shape index (κ1) is 6.81. The molecule has 52 valence electrons. The van der Waals surface area contributed by atoms with E-state index in [0.717, 1.165) is 0 Å². The Hall–Kier alpha value is -1.31. The normalized spacial score (nSPS) is 9.30. The molecular weight excluding hydrogens is 128 g/mol. The van der Waals surface area contributed by atoms with Crippen LogP contribution >= 0.6 is 0 Å². The zero-order chi connectivity index (χ0) is 7.56. The maximum Gasteiger partial charge on any atom is 0.159 e. The quantitative estimate of drug-likeness (QED) is 0.538. The van der Waals surface area contributed by atoms with Crippen molar-refractivity contribution in [1.82, 2.24) is 0 Å². The van der Waals surface area contributed by atoms with Gasteiger partial charge in [0.1, 0.15) is 0 Å². The van der Waals surface area contributed by atoms with E-state index >= 15 is 0 Å². The maximum atomic E-state index is 10.7. The van der Waals surface area contributed by atoms with Crippen LogP contribution in [0.25, 0.3) is 0 Å². The van der Waals surface area contributed by atoms with Crippen LogP contribution in [0.4, 0.5) is 0 Å². The lowest BCUT2D eigenvalue weighted by molar-refractivity contribution is -0.268. The third-order valence-electron chi connectivity index (χ3n) is 1.24. The second-order valence-corrected chi connectivity index (χ2v) is 2.08. The Kier molecular flexibility index (Phi) is 1.71. The molecule has 0 atom stereocenters. The fourth-order valence-corrected chi connectivity index (χ4v) is 0.715. The Labute approximate surface area is 59.1 Å². The van der Waals surface area contributed by atoms with Crippen molar-refractivity contribution in [3.8, 4) is 5.75 Å². The number of hydrogen-bond acceptors (Lipinski definition) is 2. The second kappa shape index (κ2) is 2.52. The van der Waals surface area contributed by atoms with Gasteiger partial charge in [-0.2, -0.15) is 0 Å². The summed E-state index contributed by atoms with van der Waals surface area (Å²) in [6, 6.07) is 5.97. The lowest BCUT2D eigenvalue weighted by Gasteiger charge is -2.04. The minimum atomic E-state index is -0.118. The average molecular weight is 135 g/mol. The van der Waals surface area contributed by atoms with Gasteiger partial charge in [-0.3, -0.25) is 4.79 Å². The van der Waals surface area contributed by atoms with Gasteiger partial charge in [-0.1, -0.05) is 24.3 Å². The Morgan fingerprint density at radius 1 is 1.50 bits per heavy atom. The van der Waals surface area contributed by atoms with Crippen LogP contribution in [0.2, 0.25) is 0 Å². The van der Waals surface area contributed by atoms with Crippen LogP contribution < -0.4 is 5.11 Å². The molecule has 10 heavy (non-hydrogen) atoms. The van der Waals surface area contributed by atoms with Crippen molar-refractivity contribution < 1.29 is 9.90 Å². The molecule has 1 aromatic carbocycles. The van der Waals surface area contributed by atoms with Gasteiger partial charge < -0.3 is 5.11 Å². The molecule has 2 nitrogen and oxygen atoms in total. The number of carbonyl (C=O) groups excluding carboxylic acids is 1. The molecule has 0 fully saturated rings. The zero-order valence-corrected chi connectivity index (χ0v) is 5.63. The molecule has 0 heterocycles. The third kappa shape index (κ3) is 1.35. The standard InChI is InChI=1S/C8H8O2/c1-6(9)7-3-2-4-8(10)5-7/h2-5,10H,1H3/p-1. The van der Waals surface area contributed by atoms with Gasteiger partial charge in [0.05, 0.1) is 0 Å². The van der Waals surface area contributed by atoms with Gasteiger partial charge in [0.15, 0.2) is 5.78 Å². The van der Waals surface area contributed by atoms with Crippen molar-refractivity contribution in [3.63, 3.8) is 0 Å². The van der Waals surface area contributed by atoms with Gasteiger partial charge in [-0.05, 0) is 6.92 Å². The van der Waals surface area contributed by atoms with Crippen molar-refractivity contribution in [1.29, 1.82) is 0 Å². The average Bonchev–Trinajstić information content (AvgIpc) is 1.88. The molecule has 0 spiro atoms. The highest BCUT2D eigenvalue weighted by Gasteiger charge is 1.94. The maximum absolute atomic E-state index is 10.7. The van der Waals surface area contributed by atoms with E-state index < -0.39 is 0 Å². The summed E-state index contributed by atoms with van der Waals surface area (Å²) in [5.41, 5.74) is 0.479. The number of carbonyl (C=O) groups is 1. The molecule has 0 aliphatic rings. The highest BCUT2D eigenvalue weighted by Crippen LogP contribution is 2.07. The van der Waals surface area contributed by atoms with E-state index in [-0.39, 0.29) is 11.5 Å². The Morgan fingerprint density at radius 3 is 2.60 bits per heavy atom. The minimum Gasteiger partial charge on any atom is -0.872 e. The summed E-state index contributed by atoms with van der Waals surface area (Å²) in [5, 5.41) is 10.6. The molecule has 0 unspecified atom stereocenters. The van der Waals surface area contributed by atoms with Gasteiger partial charge in [0.2, 0.25) is 0 Å². The first-order valence-electron chi connectivity index (χ1n) is 2.98. The van der Waals surface area contributed by atoms with Crippen LogP contribution in [0.15, 0.2) is 24.3 Å². The number of rotatable bonds is 1. The molecule has 0 radical (unpaired) electrons. The van der Waals surface area contributed by atoms with Gasteiger partial charge in [-0.25, -0.2) is 0 Å². The highest BCUT2D eigenvalue weighted by atomic mass is 16.3.